The Bertz CT molecular complexity index is 612. The van der Waals surface area contributed by atoms with Crippen LogP contribution in [0.15, 0.2) is 24.3 Å². The smallest absolute Gasteiger partial charge is 0.270 e. The van der Waals surface area contributed by atoms with Gasteiger partial charge in [-0.2, -0.15) is 0 Å². The number of rotatable bonds is 3. The number of hydrogen-bond acceptors (Lipinski definition) is 4. The largest absolute Gasteiger partial charge is 0.483 e. The van der Waals surface area contributed by atoms with Gasteiger partial charge in [0.1, 0.15) is 16.3 Å². The molecule has 0 bridgehead atoms. The summed E-state index contributed by atoms with van der Waals surface area (Å²) in [6.07, 6.45) is 2.71. The number of ether oxygens (including phenoxy) is 1. The molecule has 1 aliphatic heterocycles. The SMILES string of the molecule is CCC1(C)C=C(C(=S)NC)c2cc([N+](=O)[O-])ccc2O1. The molecule has 0 amide bonds. The highest BCUT2D eigenvalue weighted by Crippen LogP contribution is 2.39. The second kappa shape index (κ2) is 5.20. The number of nitrogens with zero attached hydrogens (tertiary/aromatic N) is 1. The first-order valence-electron chi connectivity index (χ1n) is 6.33. The van der Waals surface area contributed by atoms with Crippen molar-refractivity contribution >= 4 is 28.5 Å². The van der Waals surface area contributed by atoms with Crippen molar-refractivity contribution in [2.75, 3.05) is 7.05 Å². The lowest BCUT2D eigenvalue weighted by Gasteiger charge is -2.33. The normalized spacial score (nSPS) is 20.4. The Morgan fingerprint density at radius 2 is 2.25 bits per heavy atom. The number of benzene rings is 1. The lowest BCUT2D eigenvalue weighted by atomic mass is 9.91. The molecule has 20 heavy (non-hydrogen) atoms. The fourth-order valence-electron chi connectivity index (χ4n) is 2.09. The van der Waals surface area contributed by atoms with E-state index in [1.807, 2.05) is 19.9 Å². The van der Waals surface area contributed by atoms with Gasteiger partial charge in [-0.3, -0.25) is 10.1 Å². The lowest BCUT2D eigenvalue weighted by molar-refractivity contribution is -0.384. The van der Waals surface area contributed by atoms with Crippen LogP contribution in [0.3, 0.4) is 0 Å². The minimum atomic E-state index is -0.459. The average Bonchev–Trinajstić information content (AvgIpc) is 2.45. The van der Waals surface area contributed by atoms with E-state index >= 15 is 0 Å². The maximum atomic E-state index is 10.9. The molecule has 1 heterocycles. The number of non-ortho nitro benzene ring substituents is 1. The molecule has 1 N–H and O–H groups in total. The van der Waals surface area contributed by atoms with Gasteiger partial charge in [-0.25, -0.2) is 0 Å². The summed E-state index contributed by atoms with van der Waals surface area (Å²) >= 11 is 5.31. The van der Waals surface area contributed by atoms with Crippen LogP contribution in [-0.2, 0) is 0 Å². The number of fused-ring (bicyclic) bond motifs is 1. The third-order valence-corrected chi connectivity index (χ3v) is 3.85. The van der Waals surface area contributed by atoms with Crippen LogP contribution >= 0.6 is 12.2 Å². The monoisotopic (exact) mass is 292 g/mol. The summed E-state index contributed by atoms with van der Waals surface area (Å²) in [5.74, 6) is 0.620. The predicted molar refractivity (Wildman–Crippen MR) is 82.1 cm³/mol. The van der Waals surface area contributed by atoms with Crippen molar-refractivity contribution in [1.82, 2.24) is 5.32 Å². The zero-order valence-electron chi connectivity index (χ0n) is 11.6. The van der Waals surface area contributed by atoms with Crippen molar-refractivity contribution in [1.29, 1.82) is 0 Å². The van der Waals surface area contributed by atoms with E-state index in [0.717, 1.165) is 12.0 Å². The van der Waals surface area contributed by atoms with E-state index in [1.54, 1.807) is 13.1 Å². The topological polar surface area (TPSA) is 64.4 Å². The van der Waals surface area contributed by atoms with E-state index < -0.39 is 10.5 Å². The first kappa shape index (κ1) is 14.5. The number of nitro benzene ring substituents is 1. The van der Waals surface area contributed by atoms with Gasteiger partial charge in [-0.1, -0.05) is 19.1 Å². The van der Waals surface area contributed by atoms with E-state index in [4.69, 9.17) is 17.0 Å². The summed E-state index contributed by atoms with van der Waals surface area (Å²) in [5, 5.41) is 13.8. The zero-order chi connectivity index (χ0) is 14.9. The second-order valence-electron chi connectivity index (χ2n) is 4.84. The lowest BCUT2D eigenvalue weighted by Crippen LogP contribution is -2.34. The Labute approximate surface area is 122 Å². The second-order valence-corrected chi connectivity index (χ2v) is 5.25. The maximum absolute atomic E-state index is 10.9. The van der Waals surface area contributed by atoms with Gasteiger partial charge in [-0.05, 0) is 25.5 Å². The Morgan fingerprint density at radius 1 is 1.55 bits per heavy atom. The molecule has 1 atom stereocenters. The standard InChI is InChI=1S/C14H16N2O3S/c1-4-14(2)8-11(13(20)15-3)10-7-9(16(17)18)5-6-12(10)19-14/h5-8H,4H2,1-3H3,(H,15,20). The van der Waals surface area contributed by atoms with Gasteiger partial charge in [0.2, 0.25) is 0 Å². The average molecular weight is 292 g/mol. The highest BCUT2D eigenvalue weighted by atomic mass is 32.1. The quantitative estimate of drug-likeness (QED) is 0.527. The molecule has 5 nitrogen and oxygen atoms in total. The Morgan fingerprint density at radius 3 is 2.80 bits per heavy atom. The molecule has 0 saturated carbocycles. The number of nitro groups is 1. The first-order chi connectivity index (χ1) is 9.40. The van der Waals surface area contributed by atoms with Crippen molar-refractivity contribution in [3.8, 4) is 5.75 Å². The Hall–Kier alpha value is -1.95. The number of hydrogen-bond donors (Lipinski definition) is 1. The summed E-state index contributed by atoms with van der Waals surface area (Å²) in [5.41, 5.74) is 0.998. The zero-order valence-corrected chi connectivity index (χ0v) is 12.4. The fourth-order valence-corrected chi connectivity index (χ4v) is 2.26. The highest BCUT2D eigenvalue weighted by Gasteiger charge is 2.31. The van der Waals surface area contributed by atoms with Crippen LogP contribution in [0.25, 0.3) is 5.57 Å². The van der Waals surface area contributed by atoms with Gasteiger partial charge < -0.3 is 10.1 Å². The van der Waals surface area contributed by atoms with E-state index in [0.29, 0.717) is 16.3 Å². The van der Waals surface area contributed by atoms with Crippen molar-refractivity contribution in [2.24, 2.45) is 0 Å². The summed E-state index contributed by atoms with van der Waals surface area (Å²) in [7, 11) is 1.74. The molecule has 0 spiro atoms. The van der Waals surface area contributed by atoms with Crippen LogP contribution < -0.4 is 10.1 Å². The van der Waals surface area contributed by atoms with Gasteiger partial charge in [0.25, 0.3) is 5.69 Å². The molecular formula is C14H16N2O3S. The molecule has 6 heteroatoms. The number of thiocarbonyl (C=S) groups is 1. The molecule has 0 radical (unpaired) electrons. The van der Waals surface area contributed by atoms with Crippen LogP contribution in [0.4, 0.5) is 5.69 Å². The summed E-state index contributed by atoms with van der Waals surface area (Å²) in [6.45, 7) is 3.99. The van der Waals surface area contributed by atoms with Gasteiger partial charge >= 0.3 is 0 Å². The minimum Gasteiger partial charge on any atom is -0.483 e. The maximum Gasteiger partial charge on any atom is 0.270 e. The molecule has 0 saturated heterocycles. The molecule has 2 rings (SSSR count). The highest BCUT2D eigenvalue weighted by molar-refractivity contribution is 7.81. The van der Waals surface area contributed by atoms with Gasteiger partial charge in [0.15, 0.2) is 0 Å². The van der Waals surface area contributed by atoms with Gasteiger partial charge in [0, 0.05) is 30.3 Å². The molecular weight excluding hydrogens is 276 g/mol. The Kier molecular flexibility index (Phi) is 3.76. The predicted octanol–water partition coefficient (Wildman–Crippen LogP) is 3.09. The molecule has 0 aromatic heterocycles. The first-order valence-corrected chi connectivity index (χ1v) is 6.74. The van der Waals surface area contributed by atoms with Crippen molar-refractivity contribution < 1.29 is 9.66 Å². The summed E-state index contributed by atoms with van der Waals surface area (Å²) in [4.78, 5) is 11.0. The van der Waals surface area contributed by atoms with Gasteiger partial charge in [-0.15, -0.1) is 0 Å². The summed E-state index contributed by atoms with van der Waals surface area (Å²) < 4.78 is 5.94. The van der Waals surface area contributed by atoms with E-state index in [2.05, 4.69) is 5.32 Å². The Balaban J connectivity index is 2.61. The van der Waals surface area contributed by atoms with E-state index in [9.17, 15) is 10.1 Å². The van der Waals surface area contributed by atoms with Crippen molar-refractivity contribution in [3.63, 3.8) is 0 Å². The van der Waals surface area contributed by atoms with Crippen LogP contribution in [-0.4, -0.2) is 22.6 Å². The van der Waals surface area contributed by atoms with Crippen LogP contribution in [0.2, 0.25) is 0 Å². The van der Waals surface area contributed by atoms with Crippen molar-refractivity contribution in [3.05, 3.63) is 40.0 Å². The summed E-state index contributed by atoms with van der Waals surface area (Å²) in [6, 6.07) is 4.58. The van der Waals surface area contributed by atoms with Crippen LogP contribution in [0, 0.1) is 10.1 Å². The van der Waals surface area contributed by atoms with Gasteiger partial charge in [0.05, 0.1) is 4.92 Å². The van der Waals surface area contributed by atoms with Crippen LogP contribution in [0.5, 0.6) is 5.75 Å². The molecule has 1 aromatic rings. The molecule has 1 aromatic carbocycles. The number of nitrogens with one attached hydrogen (secondary N) is 1. The van der Waals surface area contributed by atoms with E-state index in [-0.39, 0.29) is 5.69 Å². The molecule has 1 unspecified atom stereocenters. The number of likely N-dealkylation sites (N-methyl/N-ethyl adjacent to an activating group) is 1. The molecule has 0 fully saturated rings. The molecule has 0 aliphatic carbocycles. The third kappa shape index (κ3) is 2.51. The van der Waals surface area contributed by atoms with E-state index in [1.165, 1.54) is 12.1 Å². The van der Waals surface area contributed by atoms with Crippen LogP contribution in [0.1, 0.15) is 25.8 Å². The fraction of sp³-hybridized carbons (Fsp3) is 0.357. The molecule has 1 aliphatic rings. The third-order valence-electron chi connectivity index (χ3n) is 3.43. The van der Waals surface area contributed by atoms with Crippen molar-refractivity contribution in [2.45, 2.75) is 25.9 Å². The molecule has 106 valence electrons. The minimum absolute atomic E-state index is 0.0252.